The van der Waals surface area contributed by atoms with Gasteiger partial charge in [-0.2, -0.15) is 0 Å². The van der Waals surface area contributed by atoms with Crippen LogP contribution in [0.1, 0.15) is 33.6 Å². The number of aliphatic hydroxyl groups excluding tert-OH is 2. The van der Waals surface area contributed by atoms with E-state index in [1.165, 1.54) is 12.4 Å². The molecule has 21 heteroatoms. The fourth-order valence-corrected chi connectivity index (χ4v) is 2.82. The van der Waals surface area contributed by atoms with E-state index in [-0.39, 0.29) is 0 Å². The molecular formula is C24H26N4O17. The molecule has 2 rings (SSSR count). The third kappa shape index (κ3) is 11.6. The topological polar surface area (TPSA) is 385 Å². The highest BCUT2D eigenvalue weighted by atomic mass is 16.6. The van der Waals surface area contributed by atoms with Gasteiger partial charge >= 0.3 is 35.8 Å². The first-order valence-corrected chi connectivity index (χ1v) is 11.6. The molecule has 0 saturated heterocycles. The highest BCUT2D eigenvalue weighted by molar-refractivity contribution is 5.95. The van der Waals surface area contributed by atoms with Gasteiger partial charge in [0.1, 0.15) is 0 Å². The second-order valence-corrected chi connectivity index (χ2v) is 8.34. The zero-order valence-electron chi connectivity index (χ0n) is 22.5. The SMILES string of the molecule is NC(=O)c1cccnc1.NC(=O)c1cccnc1.O=C(O)CC(OC(=O)CC(O)(C(=O)O)C(O)C(=O)O)(C(=O)O)C(O)C(=O)O. The number of rotatable bonds is 13. The Balaban J connectivity index is 0.000000856. The first kappa shape index (κ1) is 38.9. The molecule has 0 spiro atoms. The van der Waals surface area contributed by atoms with Crippen LogP contribution >= 0.6 is 0 Å². The van der Waals surface area contributed by atoms with Gasteiger partial charge in [0.05, 0.1) is 24.0 Å². The van der Waals surface area contributed by atoms with Crippen molar-refractivity contribution < 1.29 is 83.9 Å². The lowest BCUT2D eigenvalue weighted by Gasteiger charge is -2.32. The molecule has 2 aromatic heterocycles. The number of pyridine rings is 2. The number of nitrogens with two attached hydrogens (primary N) is 2. The number of esters is 1. The second-order valence-electron chi connectivity index (χ2n) is 8.34. The molecule has 2 amide bonds. The number of aromatic nitrogens is 2. The summed E-state index contributed by atoms with van der Waals surface area (Å²) in [5, 5.41) is 72.2. The molecule has 4 unspecified atom stereocenters. The Kier molecular flexibility index (Phi) is 14.8. The van der Waals surface area contributed by atoms with Crippen molar-refractivity contribution in [1.82, 2.24) is 9.97 Å². The number of aliphatic carboxylic acids is 5. The van der Waals surface area contributed by atoms with Gasteiger partial charge in [-0.3, -0.25) is 29.1 Å². The molecule has 2 heterocycles. The maximum atomic E-state index is 11.8. The normalized spacial score (nSPS) is 14.0. The third-order valence-corrected chi connectivity index (χ3v) is 5.11. The molecule has 0 aliphatic rings. The van der Waals surface area contributed by atoms with Crippen LogP contribution in [0.5, 0.6) is 0 Å². The van der Waals surface area contributed by atoms with Crippen molar-refractivity contribution in [2.45, 2.75) is 36.3 Å². The standard InChI is InChI=1S/C12H14O15.2C6H6N2O/c13-3(14)1-12(10(24)25,6(17)8(20)21)27-4(15)2-11(26,9(22)23)5(16)7(18)19;2*7-6(9)5-2-1-3-8-4-5/h5-6,16-17,26H,1-2H2,(H,13,14)(H,18,19)(H,20,21)(H,22,23)(H,24,25);2*1-4H,(H2,7,9). The summed E-state index contributed by atoms with van der Waals surface area (Å²) in [5.74, 6) is -14.6. The number of carbonyl (C=O) groups is 8. The number of nitrogens with zero attached hydrogens (tertiary/aromatic N) is 2. The summed E-state index contributed by atoms with van der Waals surface area (Å²) in [7, 11) is 0. The number of amides is 2. The van der Waals surface area contributed by atoms with Crippen LogP contribution in [0.3, 0.4) is 0 Å². The van der Waals surface area contributed by atoms with Crippen molar-refractivity contribution in [3.63, 3.8) is 0 Å². The van der Waals surface area contributed by atoms with Gasteiger partial charge in [-0.15, -0.1) is 0 Å². The molecule has 244 valence electrons. The average molecular weight is 642 g/mol. The van der Waals surface area contributed by atoms with Crippen LogP contribution in [0.4, 0.5) is 0 Å². The van der Waals surface area contributed by atoms with E-state index in [0.29, 0.717) is 11.1 Å². The molecule has 45 heavy (non-hydrogen) atoms. The zero-order valence-corrected chi connectivity index (χ0v) is 22.5. The molecule has 0 radical (unpaired) electrons. The summed E-state index contributed by atoms with van der Waals surface area (Å²) in [6, 6.07) is 6.57. The summed E-state index contributed by atoms with van der Waals surface area (Å²) >= 11 is 0. The Morgan fingerprint density at radius 2 is 1.13 bits per heavy atom. The van der Waals surface area contributed by atoms with E-state index in [1.54, 1.807) is 36.7 Å². The van der Waals surface area contributed by atoms with Gasteiger partial charge in [-0.1, -0.05) is 0 Å². The van der Waals surface area contributed by atoms with Crippen LogP contribution in [0.15, 0.2) is 49.1 Å². The van der Waals surface area contributed by atoms with Gasteiger partial charge < -0.3 is 57.1 Å². The van der Waals surface area contributed by atoms with E-state index < -0.39 is 83.9 Å². The number of hydrogen-bond donors (Lipinski definition) is 10. The highest BCUT2D eigenvalue weighted by Gasteiger charge is 2.57. The van der Waals surface area contributed by atoms with Crippen molar-refractivity contribution in [1.29, 1.82) is 0 Å². The van der Waals surface area contributed by atoms with E-state index >= 15 is 0 Å². The van der Waals surface area contributed by atoms with Crippen molar-refractivity contribution in [2.75, 3.05) is 0 Å². The predicted octanol–water partition coefficient (Wildman–Crippen LogP) is -3.71. The van der Waals surface area contributed by atoms with Gasteiger partial charge in [0, 0.05) is 24.8 Å². The predicted molar refractivity (Wildman–Crippen MR) is 139 cm³/mol. The molecule has 0 aliphatic heterocycles. The van der Waals surface area contributed by atoms with E-state index in [2.05, 4.69) is 14.7 Å². The van der Waals surface area contributed by atoms with Crippen LogP contribution in [-0.4, -0.2) is 122 Å². The fraction of sp³-hybridized carbons (Fsp3) is 0.250. The fourth-order valence-electron chi connectivity index (χ4n) is 2.82. The summed E-state index contributed by atoms with van der Waals surface area (Å²) in [4.78, 5) is 94.6. The van der Waals surface area contributed by atoms with Crippen LogP contribution in [0.25, 0.3) is 0 Å². The maximum Gasteiger partial charge on any atom is 0.352 e. The number of hydrogen-bond acceptors (Lipinski definition) is 14. The molecule has 2 aromatic rings. The molecular weight excluding hydrogens is 616 g/mol. The Morgan fingerprint density at radius 1 is 0.711 bits per heavy atom. The molecule has 0 saturated carbocycles. The molecule has 0 aromatic carbocycles. The Hall–Kier alpha value is -6.06. The molecule has 0 aliphatic carbocycles. The highest BCUT2D eigenvalue weighted by Crippen LogP contribution is 2.26. The van der Waals surface area contributed by atoms with Crippen molar-refractivity contribution >= 4 is 47.6 Å². The summed E-state index contributed by atoms with van der Waals surface area (Å²) in [6.07, 6.45) is -3.93. The van der Waals surface area contributed by atoms with Crippen LogP contribution in [0, 0.1) is 0 Å². The van der Waals surface area contributed by atoms with E-state index in [0.717, 1.165) is 0 Å². The summed E-state index contributed by atoms with van der Waals surface area (Å²) < 4.78 is 4.13. The van der Waals surface area contributed by atoms with Gasteiger partial charge in [0.2, 0.25) is 23.5 Å². The van der Waals surface area contributed by atoms with Crippen LogP contribution in [0.2, 0.25) is 0 Å². The Labute approximate surface area is 249 Å². The number of carboxylic acid groups (broad SMARTS) is 5. The Morgan fingerprint density at radius 3 is 1.38 bits per heavy atom. The maximum absolute atomic E-state index is 11.8. The van der Waals surface area contributed by atoms with Gasteiger partial charge in [-0.25, -0.2) is 19.2 Å². The first-order valence-electron chi connectivity index (χ1n) is 11.6. The lowest BCUT2D eigenvalue weighted by Crippen LogP contribution is -2.59. The van der Waals surface area contributed by atoms with Gasteiger partial charge in [0.15, 0.2) is 6.10 Å². The smallest absolute Gasteiger partial charge is 0.352 e. The van der Waals surface area contributed by atoms with E-state index in [4.69, 9.17) is 37.0 Å². The molecule has 4 atom stereocenters. The average Bonchev–Trinajstić information content (AvgIpc) is 2.96. The van der Waals surface area contributed by atoms with Crippen molar-refractivity contribution in [2.24, 2.45) is 11.5 Å². The summed E-state index contributed by atoms with van der Waals surface area (Å²) in [6.45, 7) is 0. The molecule has 21 nitrogen and oxygen atoms in total. The van der Waals surface area contributed by atoms with Crippen molar-refractivity contribution in [3.8, 4) is 0 Å². The second kappa shape index (κ2) is 17.2. The number of ether oxygens (including phenoxy) is 1. The monoisotopic (exact) mass is 642 g/mol. The van der Waals surface area contributed by atoms with Gasteiger partial charge in [-0.05, 0) is 24.3 Å². The summed E-state index contributed by atoms with van der Waals surface area (Å²) in [5.41, 5.74) is 3.36. The molecule has 0 fully saturated rings. The minimum absolute atomic E-state index is 0.442. The lowest BCUT2D eigenvalue weighted by atomic mass is 9.90. The first-order chi connectivity index (χ1) is 20.7. The zero-order chi connectivity index (χ0) is 35.1. The van der Waals surface area contributed by atoms with Crippen LogP contribution < -0.4 is 11.5 Å². The quantitative estimate of drug-likeness (QED) is 0.0939. The third-order valence-electron chi connectivity index (χ3n) is 5.11. The van der Waals surface area contributed by atoms with Crippen LogP contribution in [-0.2, 0) is 33.5 Å². The number of primary amides is 2. The van der Waals surface area contributed by atoms with E-state index in [9.17, 15) is 53.7 Å². The number of carboxylic acids is 5. The van der Waals surface area contributed by atoms with E-state index in [1.807, 2.05) is 0 Å². The minimum Gasteiger partial charge on any atom is -0.481 e. The number of carbonyl (C=O) groups excluding carboxylic acids is 3. The minimum atomic E-state index is -3.75. The van der Waals surface area contributed by atoms with Gasteiger partial charge in [0.25, 0.3) is 5.60 Å². The molecule has 12 N–H and O–H groups in total. The Bertz CT molecular complexity index is 1360. The lowest BCUT2D eigenvalue weighted by molar-refractivity contribution is -0.208. The largest absolute Gasteiger partial charge is 0.481 e. The molecule has 0 bridgehead atoms. The number of aliphatic hydroxyl groups is 3. The van der Waals surface area contributed by atoms with Crippen molar-refractivity contribution in [3.05, 3.63) is 60.2 Å².